The van der Waals surface area contributed by atoms with E-state index in [1.165, 1.54) is 6.07 Å². The fourth-order valence-corrected chi connectivity index (χ4v) is 2.30. The summed E-state index contributed by atoms with van der Waals surface area (Å²) in [4.78, 5) is 0. The van der Waals surface area contributed by atoms with Gasteiger partial charge in [-0.25, -0.2) is 4.39 Å². The normalized spacial score (nSPS) is 13.9. The Kier molecular flexibility index (Phi) is 4.38. The minimum Gasteiger partial charge on any atom is -0.312 e. The van der Waals surface area contributed by atoms with Gasteiger partial charge in [-0.3, -0.25) is 0 Å². The molecule has 16 heavy (non-hydrogen) atoms. The summed E-state index contributed by atoms with van der Waals surface area (Å²) in [6, 6.07) is 3.01. The van der Waals surface area contributed by atoms with Gasteiger partial charge in [0.05, 0.1) is 5.02 Å². The predicted molar refractivity (Wildman–Crippen MR) is 70.4 cm³/mol. The maximum Gasteiger partial charge on any atom is 0.129 e. The van der Waals surface area contributed by atoms with Gasteiger partial charge in [-0.05, 0) is 40.5 Å². The van der Waals surface area contributed by atoms with Crippen molar-refractivity contribution in [3.63, 3.8) is 0 Å². The SMILES string of the molecule is CNC(c1cc(Cl)c(Br)cc1F)C(C)(C)C. The van der Waals surface area contributed by atoms with Gasteiger partial charge in [0, 0.05) is 16.1 Å². The Morgan fingerprint density at radius 3 is 2.38 bits per heavy atom. The molecular formula is C12H16BrClFN. The highest BCUT2D eigenvalue weighted by molar-refractivity contribution is 9.10. The Morgan fingerprint density at radius 1 is 1.38 bits per heavy atom. The highest BCUT2D eigenvalue weighted by Gasteiger charge is 2.27. The number of rotatable bonds is 2. The monoisotopic (exact) mass is 307 g/mol. The molecule has 4 heteroatoms. The van der Waals surface area contributed by atoms with E-state index in [1.807, 2.05) is 7.05 Å². The molecule has 1 rings (SSSR count). The summed E-state index contributed by atoms with van der Waals surface area (Å²) in [7, 11) is 1.82. The summed E-state index contributed by atoms with van der Waals surface area (Å²) in [6.07, 6.45) is 0. The standard InChI is InChI=1S/C12H16BrClFN/c1-12(2,3)11(16-4)7-5-9(14)8(13)6-10(7)15/h5-6,11,16H,1-4H3. The maximum absolute atomic E-state index is 13.9. The Labute approximate surface area is 110 Å². The number of halogens is 3. The van der Waals surface area contributed by atoms with E-state index in [9.17, 15) is 4.39 Å². The van der Waals surface area contributed by atoms with Crippen LogP contribution < -0.4 is 5.32 Å². The molecular weight excluding hydrogens is 292 g/mol. The van der Waals surface area contributed by atoms with Crippen LogP contribution in [0.3, 0.4) is 0 Å². The van der Waals surface area contributed by atoms with E-state index in [4.69, 9.17) is 11.6 Å². The molecule has 0 amide bonds. The Hall–Kier alpha value is -0.120. The van der Waals surface area contributed by atoms with E-state index >= 15 is 0 Å². The van der Waals surface area contributed by atoms with Crippen LogP contribution in [0.25, 0.3) is 0 Å². The van der Waals surface area contributed by atoms with Gasteiger partial charge >= 0.3 is 0 Å². The summed E-state index contributed by atoms with van der Waals surface area (Å²) in [5, 5.41) is 3.66. The number of nitrogens with one attached hydrogen (secondary N) is 1. The molecule has 0 saturated heterocycles. The van der Waals surface area contributed by atoms with E-state index in [2.05, 4.69) is 42.0 Å². The predicted octanol–water partition coefficient (Wildman–Crippen LogP) is 4.55. The molecule has 1 aromatic carbocycles. The van der Waals surface area contributed by atoms with Crippen molar-refractivity contribution in [2.24, 2.45) is 5.41 Å². The molecule has 1 atom stereocenters. The third-order valence-electron chi connectivity index (χ3n) is 2.51. The highest BCUT2D eigenvalue weighted by Crippen LogP contribution is 2.36. The van der Waals surface area contributed by atoms with Crippen LogP contribution in [0.1, 0.15) is 32.4 Å². The lowest BCUT2D eigenvalue weighted by atomic mass is 9.82. The number of hydrogen-bond donors (Lipinski definition) is 1. The first-order valence-corrected chi connectivity index (χ1v) is 6.26. The van der Waals surface area contributed by atoms with Crippen molar-refractivity contribution in [1.29, 1.82) is 0 Å². The van der Waals surface area contributed by atoms with E-state index < -0.39 is 0 Å². The first kappa shape index (κ1) is 13.9. The molecule has 0 radical (unpaired) electrons. The van der Waals surface area contributed by atoms with Crippen LogP contribution in [0.15, 0.2) is 16.6 Å². The fourth-order valence-electron chi connectivity index (χ4n) is 1.81. The Balaban J connectivity index is 3.26. The average Bonchev–Trinajstić information content (AvgIpc) is 2.12. The molecule has 0 aliphatic rings. The van der Waals surface area contributed by atoms with Crippen LogP contribution in [0, 0.1) is 11.2 Å². The number of hydrogen-bond acceptors (Lipinski definition) is 1. The molecule has 0 aromatic heterocycles. The van der Waals surface area contributed by atoms with Crippen LogP contribution in [0.5, 0.6) is 0 Å². The lowest BCUT2D eigenvalue weighted by Crippen LogP contribution is -2.30. The second-order valence-corrected chi connectivity index (χ2v) is 6.14. The zero-order valence-electron chi connectivity index (χ0n) is 9.87. The third kappa shape index (κ3) is 2.96. The highest BCUT2D eigenvalue weighted by atomic mass is 79.9. The van der Waals surface area contributed by atoms with Crippen molar-refractivity contribution < 1.29 is 4.39 Å². The molecule has 1 nitrogen and oxygen atoms in total. The lowest BCUT2D eigenvalue weighted by Gasteiger charge is -2.31. The second kappa shape index (κ2) is 5.03. The van der Waals surface area contributed by atoms with Crippen LogP contribution in [-0.4, -0.2) is 7.05 Å². The molecule has 1 aromatic rings. The maximum atomic E-state index is 13.9. The Bertz CT molecular complexity index is 387. The van der Waals surface area contributed by atoms with Crippen molar-refractivity contribution in [2.45, 2.75) is 26.8 Å². The smallest absolute Gasteiger partial charge is 0.129 e. The quantitative estimate of drug-likeness (QED) is 0.790. The van der Waals surface area contributed by atoms with Crippen LogP contribution in [0.2, 0.25) is 5.02 Å². The zero-order chi connectivity index (χ0) is 12.5. The van der Waals surface area contributed by atoms with E-state index in [-0.39, 0.29) is 17.3 Å². The lowest BCUT2D eigenvalue weighted by molar-refractivity contribution is 0.280. The summed E-state index contributed by atoms with van der Waals surface area (Å²) < 4.78 is 14.5. The molecule has 1 N–H and O–H groups in total. The van der Waals surface area contributed by atoms with E-state index in [0.29, 0.717) is 15.1 Å². The van der Waals surface area contributed by atoms with Gasteiger partial charge in [0.25, 0.3) is 0 Å². The summed E-state index contributed by atoms with van der Waals surface area (Å²) >= 11 is 9.20. The second-order valence-electron chi connectivity index (χ2n) is 4.88. The molecule has 90 valence electrons. The summed E-state index contributed by atoms with van der Waals surface area (Å²) in [5.74, 6) is -0.245. The topological polar surface area (TPSA) is 12.0 Å². The molecule has 0 heterocycles. The molecule has 0 fully saturated rings. The molecule has 0 bridgehead atoms. The van der Waals surface area contributed by atoms with Crippen LogP contribution >= 0.6 is 27.5 Å². The average molecular weight is 309 g/mol. The van der Waals surface area contributed by atoms with Crippen molar-refractivity contribution in [2.75, 3.05) is 7.05 Å². The minimum atomic E-state index is -0.245. The molecule has 0 aliphatic heterocycles. The molecule has 0 spiro atoms. The third-order valence-corrected chi connectivity index (χ3v) is 3.70. The summed E-state index contributed by atoms with van der Waals surface area (Å²) in [6.45, 7) is 6.18. The van der Waals surface area contributed by atoms with Gasteiger partial charge in [-0.15, -0.1) is 0 Å². The van der Waals surface area contributed by atoms with Crippen molar-refractivity contribution >= 4 is 27.5 Å². The number of benzene rings is 1. The molecule has 1 unspecified atom stereocenters. The molecule has 0 saturated carbocycles. The van der Waals surface area contributed by atoms with Crippen molar-refractivity contribution in [1.82, 2.24) is 5.32 Å². The van der Waals surface area contributed by atoms with Crippen LogP contribution in [0.4, 0.5) is 4.39 Å². The van der Waals surface area contributed by atoms with Crippen molar-refractivity contribution in [3.8, 4) is 0 Å². The first-order valence-electron chi connectivity index (χ1n) is 5.09. The van der Waals surface area contributed by atoms with Gasteiger partial charge in [0.2, 0.25) is 0 Å². The largest absolute Gasteiger partial charge is 0.312 e. The van der Waals surface area contributed by atoms with Gasteiger partial charge in [-0.1, -0.05) is 32.4 Å². The van der Waals surface area contributed by atoms with Crippen molar-refractivity contribution in [3.05, 3.63) is 33.0 Å². The van der Waals surface area contributed by atoms with Gasteiger partial charge in [-0.2, -0.15) is 0 Å². The summed E-state index contributed by atoms with van der Waals surface area (Å²) in [5.41, 5.74) is 0.524. The Morgan fingerprint density at radius 2 is 1.94 bits per heavy atom. The van der Waals surface area contributed by atoms with E-state index in [1.54, 1.807) is 6.07 Å². The van der Waals surface area contributed by atoms with Gasteiger partial charge in [0.15, 0.2) is 0 Å². The van der Waals surface area contributed by atoms with E-state index in [0.717, 1.165) is 0 Å². The van der Waals surface area contributed by atoms with Gasteiger partial charge in [0.1, 0.15) is 5.82 Å². The zero-order valence-corrected chi connectivity index (χ0v) is 12.2. The first-order chi connectivity index (χ1) is 7.27. The fraction of sp³-hybridized carbons (Fsp3) is 0.500. The minimum absolute atomic E-state index is 0.0712. The van der Waals surface area contributed by atoms with Crippen LogP contribution in [-0.2, 0) is 0 Å². The van der Waals surface area contributed by atoms with Gasteiger partial charge < -0.3 is 5.32 Å². The molecule has 0 aliphatic carbocycles.